The first-order valence-corrected chi connectivity index (χ1v) is 6.86. The summed E-state index contributed by atoms with van der Waals surface area (Å²) in [4.78, 5) is 3.98. The lowest BCUT2D eigenvalue weighted by Crippen LogP contribution is -2.24. The Morgan fingerprint density at radius 2 is 1.86 bits per heavy atom. The minimum absolute atomic E-state index is 0.0904. The first-order valence-electron chi connectivity index (χ1n) is 6.86. The number of halogens is 2. The number of hydrogen-bond donors (Lipinski definition) is 1. The Morgan fingerprint density at radius 3 is 2.52 bits per heavy atom. The number of hydrogen-bond acceptors (Lipinski definition) is 3. The van der Waals surface area contributed by atoms with Crippen LogP contribution in [0.1, 0.15) is 24.1 Å². The van der Waals surface area contributed by atoms with Crippen molar-refractivity contribution in [2.24, 2.45) is 0 Å². The maximum Gasteiger partial charge on any atom is 0.387 e. The van der Waals surface area contributed by atoms with Crippen LogP contribution in [-0.4, -0.2) is 18.1 Å². The molecule has 0 saturated heterocycles. The highest BCUT2D eigenvalue weighted by atomic mass is 19.3. The van der Waals surface area contributed by atoms with Crippen molar-refractivity contribution in [1.82, 2.24) is 10.3 Å². The number of likely N-dealkylation sites (N-methyl/N-ethyl adjacent to an activating group) is 1. The van der Waals surface area contributed by atoms with Gasteiger partial charge in [0.05, 0.1) is 0 Å². The molecule has 0 aliphatic carbocycles. The van der Waals surface area contributed by atoms with E-state index < -0.39 is 6.61 Å². The van der Waals surface area contributed by atoms with Gasteiger partial charge in [0.15, 0.2) is 0 Å². The fourth-order valence-electron chi connectivity index (χ4n) is 2.26. The van der Waals surface area contributed by atoms with Gasteiger partial charge in [0.25, 0.3) is 0 Å². The summed E-state index contributed by atoms with van der Waals surface area (Å²) in [5.74, 6) is 0.215. The zero-order valence-electron chi connectivity index (χ0n) is 11.8. The molecule has 0 aliphatic heterocycles. The van der Waals surface area contributed by atoms with Crippen LogP contribution in [0.2, 0.25) is 0 Å². The SMILES string of the molecule is CCNC(Cc1ccncc1)c1ccccc1OC(F)F. The van der Waals surface area contributed by atoms with Crippen LogP contribution in [0.4, 0.5) is 8.78 Å². The van der Waals surface area contributed by atoms with Gasteiger partial charge < -0.3 is 10.1 Å². The highest BCUT2D eigenvalue weighted by Gasteiger charge is 2.17. The average molecular weight is 292 g/mol. The average Bonchev–Trinajstić information content (AvgIpc) is 2.48. The quantitative estimate of drug-likeness (QED) is 0.847. The molecule has 1 heterocycles. The lowest BCUT2D eigenvalue weighted by Gasteiger charge is -2.21. The smallest absolute Gasteiger partial charge is 0.387 e. The maximum absolute atomic E-state index is 12.5. The van der Waals surface area contributed by atoms with Gasteiger partial charge >= 0.3 is 6.61 Å². The predicted molar refractivity (Wildman–Crippen MR) is 77.4 cm³/mol. The van der Waals surface area contributed by atoms with E-state index >= 15 is 0 Å². The normalized spacial score (nSPS) is 12.4. The topological polar surface area (TPSA) is 34.2 Å². The molecule has 1 aromatic heterocycles. The third-order valence-corrected chi connectivity index (χ3v) is 3.15. The molecule has 5 heteroatoms. The van der Waals surface area contributed by atoms with Crippen LogP contribution in [0.15, 0.2) is 48.8 Å². The molecular weight excluding hydrogens is 274 g/mol. The van der Waals surface area contributed by atoms with Gasteiger partial charge in [0.2, 0.25) is 0 Å². The third-order valence-electron chi connectivity index (χ3n) is 3.15. The highest BCUT2D eigenvalue weighted by Crippen LogP contribution is 2.28. The number of rotatable bonds is 7. The van der Waals surface area contributed by atoms with Gasteiger partial charge in [-0.15, -0.1) is 0 Å². The summed E-state index contributed by atoms with van der Waals surface area (Å²) in [6.07, 6.45) is 4.12. The lowest BCUT2D eigenvalue weighted by atomic mass is 9.98. The van der Waals surface area contributed by atoms with Crippen molar-refractivity contribution in [3.8, 4) is 5.75 Å². The summed E-state index contributed by atoms with van der Waals surface area (Å²) in [6.45, 7) is -0.108. The van der Waals surface area contributed by atoms with E-state index in [0.717, 1.165) is 17.7 Å². The molecule has 0 amide bonds. The number of nitrogens with one attached hydrogen (secondary N) is 1. The largest absolute Gasteiger partial charge is 0.434 e. The van der Waals surface area contributed by atoms with Crippen LogP contribution in [0.5, 0.6) is 5.75 Å². The molecule has 0 aliphatic rings. The van der Waals surface area contributed by atoms with E-state index in [-0.39, 0.29) is 11.8 Å². The van der Waals surface area contributed by atoms with E-state index in [1.807, 2.05) is 31.2 Å². The number of benzene rings is 1. The van der Waals surface area contributed by atoms with Gasteiger partial charge in [-0.25, -0.2) is 0 Å². The van der Waals surface area contributed by atoms with Crippen LogP contribution in [0.25, 0.3) is 0 Å². The zero-order valence-corrected chi connectivity index (χ0v) is 11.8. The number of ether oxygens (including phenoxy) is 1. The Balaban J connectivity index is 2.25. The van der Waals surface area contributed by atoms with Crippen LogP contribution in [0.3, 0.4) is 0 Å². The van der Waals surface area contributed by atoms with Crippen molar-refractivity contribution in [2.75, 3.05) is 6.54 Å². The highest BCUT2D eigenvalue weighted by molar-refractivity contribution is 5.37. The van der Waals surface area contributed by atoms with Gasteiger partial charge in [-0.3, -0.25) is 4.98 Å². The van der Waals surface area contributed by atoms with Crippen molar-refractivity contribution in [1.29, 1.82) is 0 Å². The lowest BCUT2D eigenvalue weighted by molar-refractivity contribution is -0.0507. The molecule has 112 valence electrons. The monoisotopic (exact) mass is 292 g/mol. The second-order valence-electron chi connectivity index (χ2n) is 4.59. The number of para-hydroxylation sites is 1. The van der Waals surface area contributed by atoms with Crippen LogP contribution >= 0.6 is 0 Å². The van der Waals surface area contributed by atoms with Gasteiger partial charge in [-0.2, -0.15) is 8.78 Å². The summed E-state index contributed by atoms with van der Waals surface area (Å²) >= 11 is 0. The van der Waals surface area contributed by atoms with E-state index in [2.05, 4.69) is 15.0 Å². The van der Waals surface area contributed by atoms with Gasteiger partial charge in [-0.1, -0.05) is 25.1 Å². The van der Waals surface area contributed by atoms with Gasteiger partial charge in [0.1, 0.15) is 5.75 Å². The number of pyridine rings is 1. The molecule has 21 heavy (non-hydrogen) atoms. The minimum atomic E-state index is -2.82. The maximum atomic E-state index is 12.5. The zero-order chi connectivity index (χ0) is 15.1. The summed E-state index contributed by atoms with van der Waals surface area (Å²) in [7, 11) is 0. The molecule has 1 atom stereocenters. The molecule has 2 aromatic rings. The molecular formula is C16H18F2N2O. The molecule has 1 unspecified atom stereocenters. The molecule has 3 nitrogen and oxygen atoms in total. The van der Waals surface area contributed by atoms with E-state index in [1.165, 1.54) is 0 Å². The first kappa shape index (κ1) is 15.4. The van der Waals surface area contributed by atoms with Crippen molar-refractivity contribution in [3.05, 3.63) is 59.9 Å². The van der Waals surface area contributed by atoms with Crippen molar-refractivity contribution in [3.63, 3.8) is 0 Å². The van der Waals surface area contributed by atoms with Gasteiger partial charge in [0, 0.05) is 24.0 Å². The Kier molecular flexibility index (Phi) is 5.63. The molecule has 0 bridgehead atoms. The number of alkyl halides is 2. The summed E-state index contributed by atoms with van der Waals surface area (Å²) in [6, 6.07) is 10.6. The molecule has 1 aromatic carbocycles. The van der Waals surface area contributed by atoms with Crippen molar-refractivity contribution < 1.29 is 13.5 Å². The number of aromatic nitrogens is 1. The Morgan fingerprint density at radius 1 is 1.14 bits per heavy atom. The number of nitrogens with zero attached hydrogens (tertiary/aromatic N) is 1. The molecule has 1 N–H and O–H groups in total. The molecule has 2 rings (SSSR count). The molecule has 0 saturated carbocycles. The standard InChI is InChI=1S/C16H18F2N2O/c1-2-20-14(11-12-7-9-19-10-8-12)13-5-3-4-6-15(13)21-16(17)18/h3-10,14,16,20H,2,11H2,1H3. The van der Waals surface area contributed by atoms with E-state index in [9.17, 15) is 8.78 Å². The summed E-state index contributed by atoms with van der Waals surface area (Å²) in [5, 5.41) is 3.32. The van der Waals surface area contributed by atoms with E-state index in [4.69, 9.17) is 0 Å². The second-order valence-corrected chi connectivity index (χ2v) is 4.59. The van der Waals surface area contributed by atoms with Crippen LogP contribution < -0.4 is 10.1 Å². The second kappa shape index (κ2) is 7.69. The fourth-order valence-corrected chi connectivity index (χ4v) is 2.26. The summed E-state index contributed by atoms with van der Waals surface area (Å²) < 4.78 is 29.7. The van der Waals surface area contributed by atoms with Crippen molar-refractivity contribution in [2.45, 2.75) is 26.0 Å². The van der Waals surface area contributed by atoms with Crippen molar-refractivity contribution >= 4 is 0 Å². The third kappa shape index (κ3) is 4.49. The van der Waals surface area contributed by atoms with Gasteiger partial charge in [-0.05, 0) is 36.7 Å². The van der Waals surface area contributed by atoms with E-state index in [1.54, 1.807) is 24.5 Å². The van der Waals surface area contributed by atoms with E-state index in [0.29, 0.717) is 6.42 Å². The molecule has 0 fully saturated rings. The first-order chi connectivity index (χ1) is 10.2. The summed E-state index contributed by atoms with van der Waals surface area (Å²) in [5.41, 5.74) is 1.82. The Hall–Kier alpha value is -2.01. The molecule has 0 radical (unpaired) electrons. The fraction of sp³-hybridized carbons (Fsp3) is 0.312. The molecule has 0 spiro atoms. The Bertz CT molecular complexity index is 549. The minimum Gasteiger partial charge on any atom is -0.434 e. The Labute approximate surface area is 123 Å². The van der Waals surface area contributed by atoms with Crippen LogP contribution in [0, 0.1) is 0 Å². The predicted octanol–water partition coefficient (Wildman–Crippen LogP) is 3.58. The van der Waals surface area contributed by atoms with Crippen LogP contribution in [-0.2, 0) is 6.42 Å².